The fraction of sp³-hybridized carbons (Fsp3) is 0.375. The van der Waals surface area contributed by atoms with Crippen LogP contribution in [0.3, 0.4) is 0 Å². The molecule has 0 unspecified atom stereocenters. The van der Waals surface area contributed by atoms with E-state index in [0.29, 0.717) is 29.0 Å². The standard InChI is InChI=1S/C32H36O4/c1-3-5-15-27-22-23(4-2)29(35-31(33)25-18-11-7-12-19-25)30(28(27)24-16-9-6-10-17-24)36-32(34)26-20-13-8-14-21-26/h7-8,11-14,18-22,24H,3-6,9-10,15-17H2,1-2H3. The fourth-order valence-corrected chi connectivity index (χ4v) is 5.11. The predicted octanol–water partition coefficient (Wildman–Crippen LogP) is 8.08. The summed E-state index contributed by atoms with van der Waals surface area (Å²) in [6.07, 6.45) is 9.34. The van der Waals surface area contributed by atoms with Crippen molar-refractivity contribution in [2.75, 3.05) is 0 Å². The maximum absolute atomic E-state index is 13.3. The molecule has 1 aliphatic carbocycles. The molecule has 3 aromatic carbocycles. The van der Waals surface area contributed by atoms with Crippen LogP contribution in [-0.2, 0) is 12.8 Å². The number of hydrogen-bond donors (Lipinski definition) is 0. The van der Waals surface area contributed by atoms with Crippen LogP contribution in [0.5, 0.6) is 11.5 Å². The van der Waals surface area contributed by atoms with Crippen molar-refractivity contribution in [1.82, 2.24) is 0 Å². The molecule has 0 bridgehead atoms. The molecule has 0 N–H and O–H groups in total. The van der Waals surface area contributed by atoms with Gasteiger partial charge < -0.3 is 9.47 Å². The van der Waals surface area contributed by atoms with Gasteiger partial charge in [-0.2, -0.15) is 0 Å². The second-order valence-corrected chi connectivity index (χ2v) is 9.57. The highest BCUT2D eigenvalue weighted by molar-refractivity contribution is 5.93. The number of hydrogen-bond acceptors (Lipinski definition) is 4. The lowest BCUT2D eigenvalue weighted by molar-refractivity contribution is 0.0678. The van der Waals surface area contributed by atoms with Gasteiger partial charge in [0, 0.05) is 5.56 Å². The van der Waals surface area contributed by atoms with Gasteiger partial charge in [0.15, 0.2) is 11.5 Å². The number of carbonyl (C=O) groups is 2. The zero-order valence-electron chi connectivity index (χ0n) is 21.4. The highest BCUT2D eigenvalue weighted by Crippen LogP contribution is 2.47. The number of ether oxygens (including phenoxy) is 2. The van der Waals surface area contributed by atoms with Crippen molar-refractivity contribution < 1.29 is 19.1 Å². The molecule has 4 rings (SSSR count). The quantitative estimate of drug-likeness (QED) is 0.228. The second kappa shape index (κ2) is 12.5. The molecule has 188 valence electrons. The van der Waals surface area contributed by atoms with Crippen molar-refractivity contribution in [3.63, 3.8) is 0 Å². The number of aryl methyl sites for hydroxylation is 2. The minimum atomic E-state index is -0.446. The first kappa shape index (κ1) is 25.7. The summed E-state index contributed by atoms with van der Waals surface area (Å²) < 4.78 is 12.3. The molecule has 0 atom stereocenters. The minimum absolute atomic E-state index is 0.282. The molecule has 0 aromatic heterocycles. The SMILES string of the molecule is CCCCc1cc(CC)c(OC(=O)c2ccccc2)c(OC(=O)c2ccccc2)c1C1CCCCC1. The highest BCUT2D eigenvalue weighted by atomic mass is 16.6. The van der Waals surface area contributed by atoms with Crippen molar-refractivity contribution in [2.45, 2.75) is 77.6 Å². The molecule has 0 saturated heterocycles. The number of esters is 2. The van der Waals surface area contributed by atoms with E-state index in [4.69, 9.17) is 9.47 Å². The zero-order valence-corrected chi connectivity index (χ0v) is 21.4. The molecular weight excluding hydrogens is 448 g/mol. The van der Waals surface area contributed by atoms with E-state index in [2.05, 4.69) is 13.0 Å². The molecular formula is C32H36O4. The Morgan fingerprint density at radius 3 is 1.83 bits per heavy atom. The lowest BCUT2D eigenvalue weighted by Gasteiger charge is -2.28. The summed E-state index contributed by atoms with van der Waals surface area (Å²) in [6, 6.07) is 20.2. The van der Waals surface area contributed by atoms with Crippen molar-refractivity contribution >= 4 is 11.9 Å². The Hall–Kier alpha value is -3.40. The van der Waals surface area contributed by atoms with E-state index >= 15 is 0 Å². The summed E-state index contributed by atoms with van der Waals surface area (Å²) in [6.45, 7) is 4.23. The van der Waals surface area contributed by atoms with Crippen LogP contribution in [0.15, 0.2) is 66.7 Å². The number of carbonyl (C=O) groups excluding carboxylic acids is 2. The second-order valence-electron chi connectivity index (χ2n) is 9.57. The van der Waals surface area contributed by atoms with E-state index in [0.717, 1.165) is 56.1 Å². The molecule has 0 amide bonds. The third-order valence-electron chi connectivity index (χ3n) is 7.04. The Bertz CT molecular complexity index is 1160. The molecule has 36 heavy (non-hydrogen) atoms. The van der Waals surface area contributed by atoms with E-state index in [1.807, 2.05) is 43.3 Å². The fourth-order valence-electron chi connectivity index (χ4n) is 5.11. The normalized spacial score (nSPS) is 13.8. The lowest BCUT2D eigenvalue weighted by atomic mass is 9.79. The average Bonchev–Trinajstić information content (AvgIpc) is 2.94. The Labute approximate surface area is 214 Å². The molecule has 1 fully saturated rings. The van der Waals surface area contributed by atoms with E-state index in [1.165, 1.54) is 12.0 Å². The van der Waals surface area contributed by atoms with Crippen molar-refractivity contribution in [3.8, 4) is 11.5 Å². The molecule has 1 aliphatic rings. The topological polar surface area (TPSA) is 52.6 Å². The first-order valence-electron chi connectivity index (χ1n) is 13.3. The van der Waals surface area contributed by atoms with Crippen molar-refractivity contribution in [2.24, 2.45) is 0 Å². The molecule has 1 saturated carbocycles. The number of rotatable bonds is 9. The summed E-state index contributed by atoms with van der Waals surface area (Å²) >= 11 is 0. The summed E-state index contributed by atoms with van der Waals surface area (Å²) in [5.41, 5.74) is 4.11. The van der Waals surface area contributed by atoms with Gasteiger partial charge in [0.25, 0.3) is 0 Å². The first-order chi connectivity index (χ1) is 17.6. The molecule has 4 nitrogen and oxygen atoms in total. The third kappa shape index (κ3) is 6.04. The number of benzene rings is 3. The van der Waals surface area contributed by atoms with Gasteiger partial charge in [0.1, 0.15) is 0 Å². The minimum Gasteiger partial charge on any atom is -0.419 e. The number of unbranched alkanes of at least 4 members (excludes halogenated alkanes) is 1. The van der Waals surface area contributed by atoms with Gasteiger partial charge in [-0.15, -0.1) is 0 Å². The molecule has 0 aliphatic heterocycles. The van der Waals surface area contributed by atoms with Gasteiger partial charge in [0.05, 0.1) is 11.1 Å². The largest absolute Gasteiger partial charge is 0.419 e. The molecule has 3 aromatic rings. The van der Waals surface area contributed by atoms with Crippen LogP contribution in [0.2, 0.25) is 0 Å². The van der Waals surface area contributed by atoms with Gasteiger partial charge in [-0.3, -0.25) is 0 Å². The van der Waals surface area contributed by atoms with Crippen LogP contribution in [0.4, 0.5) is 0 Å². The lowest BCUT2D eigenvalue weighted by Crippen LogP contribution is -2.18. The van der Waals surface area contributed by atoms with Gasteiger partial charge in [0.2, 0.25) is 0 Å². The summed E-state index contributed by atoms with van der Waals surface area (Å²) in [5.74, 6) is 0.226. The van der Waals surface area contributed by atoms with Crippen LogP contribution in [0, 0.1) is 0 Å². The van der Waals surface area contributed by atoms with Crippen LogP contribution in [-0.4, -0.2) is 11.9 Å². The van der Waals surface area contributed by atoms with Gasteiger partial charge in [-0.05, 0) is 73.4 Å². The maximum Gasteiger partial charge on any atom is 0.343 e. The van der Waals surface area contributed by atoms with E-state index in [9.17, 15) is 9.59 Å². The summed E-state index contributed by atoms with van der Waals surface area (Å²) in [4.78, 5) is 26.5. The third-order valence-corrected chi connectivity index (χ3v) is 7.04. The Kier molecular flexibility index (Phi) is 8.94. The van der Waals surface area contributed by atoms with E-state index in [1.54, 1.807) is 24.3 Å². The maximum atomic E-state index is 13.3. The van der Waals surface area contributed by atoms with Crippen LogP contribution in [0.25, 0.3) is 0 Å². The smallest absolute Gasteiger partial charge is 0.343 e. The Morgan fingerprint density at radius 2 is 1.31 bits per heavy atom. The Morgan fingerprint density at radius 1 is 0.750 bits per heavy atom. The first-order valence-corrected chi connectivity index (χ1v) is 13.3. The van der Waals surface area contributed by atoms with E-state index < -0.39 is 11.9 Å². The highest BCUT2D eigenvalue weighted by Gasteiger charge is 2.30. The molecule has 0 heterocycles. The zero-order chi connectivity index (χ0) is 25.3. The van der Waals surface area contributed by atoms with Gasteiger partial charge in [-0.1, -0.05) is 82.0 Å². The summed E-state index contributed by atoms with van der Waals surface area (Å²) in [5, 5.41) is 0. The average molecular weight is 485 g/mol. The molecule has 0 radical (unpaired) electrons. The molecule has 4 heteroatoms. The molecule has 0 spiro atoms. The predicted molar refractivity (Wildman–Crippen MR) is 143 cm³/mol. The summed E-state index contributed by atoms with van der Waals surface area (Å²) in [7, 11) is 0. The Balaban J connectivity index is 1.86. The van der Waals surface area contributed by atoms with Crippen molar-refractivity contribution in [1.29, 1.82) is 0 Å². The van der Waals surface area contributed by atoms with Crippen LogP contribution in [0.1, 0.15) is 102 Å². The van der Waals surface area contributed by atoms with Crippen LogP contribution >= 0.6 is 0 Å². The monoisotopic (exact) mass is 484 g/mol. The van der Waals surface area contributed by atoms with Crippen molar-refractivity contribution in [3.05, 3.63) is 94.5 Å². The van der Waals surface area contributed by atoms with Gasteiger partial charge >= 0.3 is 11.9 Å². The van der Waals surface area contributed by atoms with E-state index in [-0.39, 0.29) is 5.92 Å². The van der Waals surface area contributed by atoms with Gasteiger partial charge in [-0.25, -0.2) is 9.59 Å². The van der Waals surface area contributed by atoms with Crippen LogP contribution < -0.4 is 9.47 Å².